The molecule has 0 amide bonds. The van der Waals surface area contributed by atoms with Gasteiger partial charge in [0.05, 0.1) is 13.1 Å². The van der Waals surface area contributed by atoms with Gasteiger partial charge in [-0.15, -0.1) is 12.4 Å². The summed E-state index contributed by atoms with van der Waals surface area (Å²) in [4.78, 5) is 15.4. The van der Waals surface area contributed by atoms with Crippen molar-refractivity contribution in [3.63, 3.8) is 0 Å². The third-order valence-electron chi connectivity index (χ3n) is 5.10. The highest BCUT2D eigenvalue weighted by molar-refractivity contribution is 5.85. The molecule has 1 saturated heterocycles. The number of likely N-dealkylation sites (tertiary alicyclic amines) is 1. The highest BCUT2D eigenvalue weighted by Crippen LogP contribution is 2.22. The lowest BCUT2D eigenvalue weighted by atomic mass is 10.0. The van der Waals surface area contributed by atoms with Gasteiger partial charge in [0.1, 0.15) is 5.69 Å². The van der Waals surface area contributed by atoms with Gasteiger partial charge < -0.3 is 9.63 Å². The molecule has 0 unspecified atom stereocenters. The van der Waals surface area contributed by atoms with Crippen LogP contribution in [-0.2, 0) is 11.3 Å². The van der Waals surface area contributed by atoms with Crippen molar-refractivity contribution in [2.75, 3.05) is 26.2 Å². The molecule has 1 fully saturated rings. The molecule has 27 heavy (non-hydrogen) atoms. The van der Waals surface area contributed by atoms with Gasteiger partial charge in [-0.25, -0.2) is 0 Å². The number of carboxylic acids is 1. The topological polar surface area (TPSA) is 69.8 Å². The Morgan fingerprint density at radius 3 is 2.56 bits per heavy atom. The average Bonchev–Trinajstić information content (AvgIpc) is 3.09. The fraction of sp³-hybridized carbons (Fsp3) is 0.500. The van der Waals surface area contributed by atoms with Crippen LogP contribution < -0.4 is 0 Å². The Labute approximate surface area is 166 Å². The Kier molecular flexibility index (Phi) is 7.83. The molecule has 1 aliphatic rings. The van der Waals surface area contributed by atoms with Gasteiger partial charge in [-0.05, 0) is 26.3 Å². The lowest BCUT2D eigenvalue weighted by Crippen LogP contribution is -2.46. The van der Waals surface area contributed by atoms with Gasteiger partial charge in [-0.1, -0.05) is 41.9 Å². The van der Waals surface area contributed by atoms with E-state index in [1.165, 1.54) is 5.56 Å². The molecule has 2 heterocycles. The van der Waals surface area contributed by atoms with Crippen molar-refractivity contribution in [1.82, 2.24) is 15.0 Å². The molecule has 0 radical (unpaired) electrons. The number of aliphatic carboxylic acids is 1. The summed E-state index contributed by atoms with van der Waals surface area (Å²) in [6.07, 6.45) is 1.97. The van der Waals surface area contributed by atoms with Crippen LogP contribution in [0.25, 0.3) is 11.3 Å². The Morgan fingerprint density at radius 1 is 1.30 bits per heavy atom. The predicted molar refractivity (Wildman–Crippen MR) is 107 cm³/mol. The van der Waals surface area contributed by atoms with Crippen molar-refractivity contribution in [2.45, 2.75) is 39.3 Å². The molecule has 0 saturated carbocycles. The van der Waals surface area contributed by atoms with E-state index in [2.05, 4.69) is 46.1 Å². The van der Waals surface area contributed by atoms with E-state index in [0.29, 0.717) is 6.04 Å². The van der Waals surface area contributed by atoms with Gasteiger partial charge in [0.25, 0.3) is 0 Å². The number of nitrogens with zero attached hydrogens (tertiary/aromatic N) is 3. The average molecular weight is 394 g/mol. The van der Waals surface area contributed by atoms with E-state index in [4.69, 9.17) is 9.63 Å². The van der Waals surface area contributed by atoms with Crippen LogP contribution in [0.5, 0.6) is 0 Å². The van der Waals surface area contributed by atoms with E-state index in [1.54, 1.807) is 0 Å². The van der Waals surface area contributed by atoms with Crippen LogP contribution >= 0.6 is 12.4 Å². The number of piperidine rings is 1. The third kappa shape index (κ3) is 5.79. The van der Waals surface area contributed by atoms with E-state index in [9.17, 15) is 4.79 Å². The van der Waals surface area contributed by atoms with Crippen LogP contribution in [0.3, 0.4) is 0 Å². The Balaban J connectivity index is 0.00000261. The molecule has 2 aromatic rings. The van der Waals surface area contributed by atoms with Crippen LogP contribution in [-0.4, -0.2) is 58.3 Å². The SMILES string of the molecule is CCN(CC(=O)O)C1CCN(Cc2cc(-c3ccc(C)cc3)no2)CC1.Cl. The summed E-state index contributed by atoms with van der Waals surface area (Å²) in [7, 11) is 0. The van der Waals surface area contributed by atoms with Crippen LogP contribution in [0.4, 0.5) is 0 Å². The first-order valence-corrected chi connectivity index (χ1v) is 9.26. The van der Waals surface area contributed by atoms with Gasteiger partial charge in [0.2, 0.25) is 0 Å². The lowest BCUT2D eigenvalue weighted by molar-refractivity contribution is -0.139. The number of likely N-dealkylation sites (N-methyl/N-ethyl adjacent to an activating group) is 1. The molecule has 0 bridgehead atoms. The normalized spacial score (nSPS) is 15.7. The largest absolute Gasteiger partial charge is 0.480 e. The molecular weight excluding hydrogens is 366 g/mol. The minimum atomic E-state index is -0.750. The molecule has 6 nitrogen and oxygen atoms in total. The molecule has 1 N–H and O–H groups in total. The number of hydrogen-bond acceptors (Lipinski definition) is 5. The second kappa shape index (κ2) is 9.88. The number of aryl methyl sites for hydroxylation is 1. The first kappa shape index (κ1) is 21.4. The minimum absolute atomic E-state index is 0. The number of carboxylic acid groups (broad SMARTS) is 1. The van der Waals surface area contributed by atoms with Gasteiger partial charge in [0.15, 0.2) is 5.76 Å². The summed E-state index contributed by atoms with van der Waals surface area (Å²) in [5.41, 5.74) is 3.16. The van der Waals surface area contributed by atoms with Crippen molar-refractivity contribution < 1.29 is 14.4 Å². The summed E-state index contributed by atoms with van der Waals surface area (Å²) < 4.78 is 5.52. The number of rotatable bonds is 7. The monoisotopic (exact) mass is 393 g/mol. The van der Waals surface area contributed by atoms with Crippen molar-refractivity contribution >= 4 is 18.4 Å². The molecule has 3 rings (SSSR count). The molecule has 0 spiro atoms. The van der Waals surface area contributed by atoms with Gasteiger partial charge in [0, 0.05) is 30.8 Å². The van der Waals surface area contributed by atoms with Gasteiger partial charge >= 0.3 is 5.97 Å². The number of carbonyl (C=O) groups is 1. The molecule has 1 aromatic heterocycles. The molecule has 7 heteroatoms. The summed E-state index contributed by atoms with van der Waals surface area (Å²) in [5.74, 6) is 0.122. The second-order valence-electron chi connectivity index (χ2n) is 7.01. The van der Waals surface area contributed by atoms with Crippen molar-refractivity contribution in [2.24, 2.45) is 0 Å². The minimum Gasteiger partial charge on any atom is -0.480 e. The third-order valence-corrected chi connectivity index (χ3v) is 5.10. The standard InChI is InChI=1S/C20H27N3O3.ClH/c1-3-23(14-20(24)25)17-8-10-22(11-9-17)13-18-12-19(21-26-18)16-6-4-15(2)5-7-16;/h4-7,12,17H,3,8-11,13-14H2,1-2H3,(H,24,25);1H. The highest BCUT2D eigenvalue weighted by Gasteiger charge is 2.25. The molecular formula is C20H28ClN3O3. The van der Waals surface area contributed by atoms with Crippen molar-refractivity contribution in [3.05, 3.63) is 41.7 Å². The van der Waals surface area contributed by atoms with Crippen LogP contribution in [0, 0.1) is 6.92 Å². The fourth-order valence-corrected chi connectivity index (χ4v) is 3.58. The van der Waals surface area contributed by atoms with Crippen LogP contribution in [0.15, 0.2) is 34.9 Å². The zero-order chi connectivity index (χ0) is 18.5. The fourth-order valence-electron chi connectivity index (χ4n) is 3.58. The van der Waals surface area contributed by atoms with Gasteiger partial charge in [-0.2, -0.15) is 0 Å². The zero-order valence-electron chi connectivity index (χ0n) is 15.9. The summed E-state index contributed by atoms with van der Waals surface area (Å²) in [5, 5.41) is 13.2. The smallest absolute Gasteiger partial charge is 0.317 e. The molecule has 1 aliphatic heterocycles. The molecule has 0 aliphatic carbocycles. The summed E-state index contributed by atoms with van der Waals surface area (Å²) >= 11 is 0. The van der Waals surface area contributed by atoms with Crippen molar-refractivity contribution in [3.8, 4) is 11.3 Å². The maximum Gasteiger partial charge on any atom is 0.317 e. The molecule has 0 atom stereocenters. The molecule has 148 valence electrons. The highest BCUT2D eigenvalue weighted by atomic mass is 35.5. The maximum atomic E-state index is 11.0. The summed E-state index contributed by atoms with van der Waals surface area (Å²) in [6.45, 7) is 7.63. The predicted octanol–water partition coefficient (Wildman–Crippen LogP) is 3.44. The van der Waals surface area contributed by atoms with E-state index in [0.717, 1.165) is 56.0 Å². The Morgan fingerprint density at radius 2 is 1.96 bits per heavy atom. The van der Waals surface area contributed by atoms with E-state index in [-0.39, 0.29) is 19.0 Å². The second-order valence-corrected chi connectivity index (χ2v) is 7.01. The quantitative estimate of drug-likeness (QED) is 0.777. The van der Waals surface area contributed by atoms with Crippen LogP contribution in [0.1, 0.15) is 31.1 Å². The van der Waals surface area contributed by atoms with Crippen LogP contribution in [0.2, 0.25) is 0 Å². The van der Waals surface area contributed by atoms with E-state index in [1.807, 2.05) is 13.0 Å². The number of aromatic nitrogens is 1. The van der Waals surface area contributed by atoms with Crippen molar-refractivity contribution in [1.29, 1.82) is 0 Å². The first-order valence-electron chi connectivity index (χ1n) is 9.26. The number of hydrogen-bond donors (Lipinski definition) is 1. The first-order chi connectivity index (χ1) is 12.5. The maximum absolute atomic E-state index is 11.0. The Bertz CT molecular complexity index is 724. The number of halogens is 1. The molecule has 1 aromatic carbocycles. The summed E-state index contributed by atoms with van der Waals surface area (Å²) in [6, 6.07) is 10.6. The number of benzene rings is 1. The lowest BCUT2D eigenvalue weighted by Gasteiger charge is -2.37. The van der Waals surface area contributed by atoms with E-state index >= 15 is 0 Å². The Hall–Kier alpha value is -1.89. The van der Waals surface area contributed by atoms with Gasteiger partial charge in [-0.3, -0.25) is 14.6 Å². The zero-order valence-corrected chi connectivity index (χ0v) is 16.7. The van der Waals surface area contributed by atoms with E-state index < -0.39 is 5.97 Å².